The summed E-state index contributed by atoms with van der Waals surface area (Å²) in [4.78, 5) is 16.0. The normalized spacial score (nSPS) is 16.9. The maximum atomic E-state index is 13.7. The minimum Gasteiger partial charge on any atom is -0.488 e. The zero-order valence-electron chi connectivity index (χ0n) is 10.9. The number of hydrogen-bond donors (Lipinski definition) is 0. The highest BCUT2D eigenvalue weighted by Crippen LogP contribution is 2.31. The number of carbonyl (C=O) groups excluding carboxylic acids is 1. The van der Waals surface area contributed by atoms with Crippen molar-refractivity contribution in [3.63, 3.8) is 0 Å². The van der Waals surface area contributed by atoms with Gasteiger partial charge in [0.1, 0.15) is 5.69 Å². The standard InChI is InChI=1S/C14H17FN2O2/c1-17-7-5-11(6-8-17)9-19-14-12(15)3-2-4-13(14)16-10-18/h2-4,11H,5-9H2,1H3. The van der Waals surface area contributed by atoms with Crippen LogP contribution in [0.3, 0.4) is 0 Å². The van der Waals surface area contributed by atoms with Gasteiger partial charge in [-0.25, -0.2) is 9.18 Å². The summed E-state index contributed by atoms with van der Waals surface area (Å²) in [6.45, 7) is 2.52. The number of hydrogen-bond acceptors (Lipinski definition) is 4. The molecule has 1 saturated heterocycles. The van der Waals surface area contributed by atoms with Crippen LogP contribution in [0.5, 0.6) is 5.75 Å². The molecule has 0 aliphatic carbocycles. The van der Waals surface area contributed by atoms with Gasteiger partial charge in [-0.2, -0.15) is 4.99 Å². The van der Waals surface area contributed by atoms with E-state index in [2.05, 4.69) is 16.9 Å². The first-order valence-corrected chi connectivity index (χ1v) is 6.38. The third kappa shape index (κ3) is 3.63. The molecule has 2 rings (SSSR count). The first-order valence-electron chi connectivity index (χ1n) is 6.38. The van der Waals surface area contributed by atoms with Crippen LogP contribution in [-0.4, -0.2) is 37.7 Å². The van der Waals surface area contributed by atoms with Gasteiger partial charge in [0, 0.05) is 0 Å². The monoisotopic (exact) mass is 264 g/mol. The summed E-state index contributed by atoms with van der Waals surface area (Å²) in [5.41, 5.74) is 0.197. The lowest BCUT2D eigenvalue weighted by Gasteiger charge is -2.28. The average molecular weight is 264 g/mol. The number of likely N-dealkylation sites (tertiary alicyclic amines) is 1. The fourth-order valence-corrected chi connectivity index (χ4v) is 2.21. The highest BCUT2D eigenvalue weighted by molar-refractivity contribution is 5.57. The first kappa shape index (κ1) is 13.7. The van der Waals surface area contributed by atoms with Gasteiger partial charge < -0.3 is 9.64 Å². The molecule has 1 aliphatic rings. The molecule has 1 fully saturated rings. The molecule has 1 aromatic carbocycles. The van der Waals surface area contributed by atoms with Gasteiger partial charge in [0.05, 0.1) is 6.61 Å². The lowest BCUT2D eigenvalue weighted by atomic mass is 9.98. The van der Waals surface area contributed by atoms with E-state index < -0.39 is 5.82 Å². The number of piperidine rings is 1. The molecule has 1 aromatic rings. The zero-order valence-corrected chi connectivity index (χ0v) is 10.9. The molecule has 4 nitrogen and oxygen atoms in total. The molecule has 0 saturated carbocycles. The molecule has 19 heavy (non-hydrogen) atoms. The Morgan fingerprint density at radius 3 is 2.89 bits per heavy atom. The van der Waals surface area contributed by atoms with Crippen molar-refractivity contribution in [2.75, 3.05) is 26.7 Å². The first-order chi connectivity index (χ1) is 9.20. The lowest BCUT2D eigenvalue weighted by molar-refractivity contribution is 0.157. The number of rotatable bonds is 4. The van der Waals surface area contributed by atoms with Gasteiger partial charge in [0.25, 0.3) is 0 Å². The fourth-order valence-electron chi connectivity index (χ4n) is 2.21. The van der Waals surface area contributed by atoms with Crippen molar-refractivity contribution < 1.29 is 13.9 Å². The Balaban J connectivity index is 2.01. The lowest BCUT2D eigenvalue weighted by Crippen LogP contribution is -2.32. The van der Waals surface area contributed by atoms with E-state index in [-0.39, 0.29) is 11.4 Å². The third-order valence-electron chi connectivity index (χ3n) is 3.41. The molecule has 0 spiro atoms. The number of halogens is 1. The molecule has 0 radical (unpaired) electrons. The van der Waals surface area contributed by atoms with Crippen molar-refractivity contribution in [3.05, 3.63) is 24.0 Å². The second kappa shape index (κ2) is 6.45. The van der Waals surface area contributed by atoms with E-state index in [0.29, 0.717) is 12.5 Å². The van der Waals surface area contributed by atoms with Crippen LogP contribution in [-0.2, 0) is 4.79 Å². The molecule has 0 amide bonds. The van der Waals surface area contributed by atoms with Gasteiger partial charge in [-0.3, -0.25) is 0 Å². The van der Waals surface area contributed by atoms with Crippen LogP contribution in [0.2, 0.25) is 0 Å². The summed E-state index contributed by atoms with van der Waals surface area (Å²) >= 11 is 0. The fraction of sp³-hybridized carbons (Fsp3) is 0.500. The molecule has 0 unspecified atom stereocenters. The van der Waals surface area contributed by atoms with E-state index in [1.165, 1.54) is 24.3 Å². The van der Waals surface area contributed by atoms with Crippen LogP contribution in [0.25, 0.3) is 0 Å². The van der Waals surface area contributed by atoms with Gasteiger partial charge in [-0.15, -0.1) is 0 Å². The summed E-state index contributed by atoms with van der Waals surface area (Å²) < 4.78 is 19.2. The van der Waals surface area contributed by atoms with Gasteiger partial charge in [0.15, 0.2) is 11.6 Å². The molecule has 0 N–H and O–H groups in total. The summed E-state index contributed by atoms with van der Waals surface area (Å²) in [6, 6.07) is 4.33. The van der Waals surface area contributed by atoms with E-state index >= 15 is 0 Å². The number of aliphatic imine (C=N–C) groups is 1. The SMILES string of the molecule is CN1CCC(COc2c(F)cccc2N=C=O)CC1. The summed E-state index contributed by atoms with van der Waals surface area (Å²) in [7, 11) is 2.09. The Bertz CT molecular complexity index is 478. The molecular weight excluding hydrogens is 247 g/mol. The summed E-state index contributed by atoms with van der Waals surface area (Å²) in [5, 5.41) is 0. The second-order valence-electron chi connectivity index (χ2n) is 4.85. The van der Waals surface area contributed by atoms with Gasteiger partial charge in [0.2, 0.25) is 6.08 Å². The van der Waals surface area contributed by atoms with Crippen molar-refractivity contribution in [1.82, 2.24) is 4.90 Å². The van der Waals surface area contributed by atoms with E-state index in [9.17, 15) is 9.18 Å². The highest BCUT2D eigenvalue weighted by atomic mass is 19.1. The molecule has 1 aliphatic heterocycles. The Morgan fingerprint density at radius 2 is 2.21 bits per heavy atom. The Hall–Kier alpha value is -1.71. The maximum Gasteiger partial charge on any atom is 0.240 e. The van der Waals surface area contributed by atoms with Crippen LogP contribution in [0.1, 0.15) is 12.8 Å². The average Bonchev–Trinajstić information content (AvgIpc) is 2.40. The van der Waals surface area contributed by atoms with Crippen LogP contribution in [0, 0.1) is 11.7 Å². The number of para-hydroxylation sites is 1. The molecule has 102 valence electrons. The molecular formula is C14H17FN2O2. The summed E-state index contributed by atoms with van der Waals surface area (Å²) in [5.74, 6) is -0.0296. The quantitative estimate of drug-likeness (QED) is 0.620. The topological polar surface area (TPSA) is 41.9 Å². The third-order valence-corrected chi connectivity index (χ3v) is 3.41. The van der Waals surface area contributed by atoms with Crippen LogP contribution >= 0.6 is 0 Å². The van der Waals surface area contributed by atoms with Crippen LogP contribution < -0.4 is 4.74 Å². The van der Waals surface area contributed by atoms with Crippen molar-refractivity contribution in [2.45, 2.75) is 12.8 Å². The highest BCUT2D eigenvalue weighted by Gasteiger charge is 2.18. The number of benzene rings is 1. The molecule has 5 heteroatoms. The zero-order chi connectivity index (χ0) is 13.7. The number of ether oxygens (including phenoxy) is 1. The smallest absolute Gasteiger partial charge is 0.240 e. The van der Waals surface area contributed by atoms with Crippen molar-refractivity contribution in [1.29, 1.82) is 0 Å². The van der Waals surface area contributed by atoms with E-state index in [0.717, 1.165) is 25.9 Å². The van der Waals surface area contributed by atoms with Gasteiger partial charge in [-0.1, -0.05) is 6.07 Å². The van der Waals surface area contributed by atoms with Crippen molar-refractivity contribution >= 4 is 11.8 Å². The second-order valence-corrected chi connectivity index (χ2v) is 4.85. The van der Waals surface area contributed by atoms with E-state index in [1.54, 1.807) is 0 Å². The Labute approximate surface area is 111 Å². The Morgan fingerprint density at radius 1 is 1.47 bits per heavy atom. The Kier molecular flexibility index (Phi) is 4.66. The minimum absolute atomic E-state index is 0.0461. The number of isocyanates is 1. The maximum absolute atomic E-state index is 13.7. The predicted molar refractivity (Wildman–Crippen MR) is 69.9 cm³/mol. The predicted octanol–water partition coefficient (Wildman–Crippen LogP) is 2.51. The minimum atomic E-state index is -0.496. The molecule has 0 bridgehead atoms. The van der Waals surface area contributed by atoms with E-state index in [1.807, 2.05) is 0 Å². The van der Waals surface area contributed by atoms with Crippen LogP contribution in [0.15, 0.2) is 23.2 Å². The summed E-state index contributed by atoms with van der Waals surface area (Å²) in [6.07, 6.45) is 3.49. The van der Waals surface area contributed by atoms with Crippen molar-refractivity contribution in [3.8, 4) is 5.75 Å². The van der Waals surface area contributed by atoms with Gasteiger partial charge in [-0.05, 0) is 51.0 Å². The van der Waals surface area contributed by atoms with E-state index in [4.69, 9.17) is 4.74 Å². The molecule has 0 aromatic heterocycles. The van der Waals surface area contributed by atoms with Crippen LogP contribution in [0.4, 0.5) is 10.1 Å². The largest absolute Gasteiger partial charge is 0.488 e. The number of nitrogens with zero attached hydrogens (tertiary/aromatic N) is 2. The molecule has 1 heterocycles. The molecule has 0 atom stereocenters. The van der Waals surface area contributed by atoms with Gasteiger partial charge >= 0.3 is 0 Å². The van der Waals surface area contributed by atoms with Crippen molar-refractivity contribution in [2.24, 2.45) is 10.9 Å².